The fraction of sp³-hybridized carbons (Fsp3) is 0.250. The van der Waals surface area contributed by atoms with Crippen LogP contribution in [0, 0.1) is 6.92 Å². The molecule has 2 aromatic carbocycles. The van der Waals surface area contributed by atoms with Gasteiger partial charge in [-0.15, -0.1) is 11.6 Å². The average Bonchev–Trinajstić information content (AvgIpc) is 2.43. The lowest BCUT2D eigenvalue weighted by atomic mass is 10.0. The van der Waals surface area contributed by atoms with Crippen LogP contribution in [0.25, 0.3) is 0 Å². The van der Waals surface area contributed by atoms with E-state index in [9.17, 15) is 0 Å². The highest BCUT2D eigenvalue weighted by atomic mass is 79.9. The molecule has 0 spiro atoms. The molecular formula is C16H15Br2ClO. The maximum atomic E-state index is 6.69. The molecule has 1 unspecified atom stereocenters. The summed E-state index contributed by atoms with van der Waals surface area (Å²) in [6.45, 7) is 4.65. The molecule has 0 aliphatic rings. The molecule has 2 rings (SSSR count). The van der Waals surface area contributed by atoms with E-state index in [0.717, 1.165) is 25.8 Å². The monoisotopic (exact) mass is 416 g/mol. The van der Waals surface area contributed by atoms with Crippen molar-refractivity contribution < 1.29 is 4.74 Å². The SMILES string of the molecule is CCOc1ccc(C)cc1C(Cl)c1cc(Br)ccc1Br. The van der Waals surface area contributed by atoms with E-state index in [1.54, 1.807) is 0 Å². The molecule has 0 bridgehead atoms. The van der Waals surface area contributed by atoms with Crippen molar-refractivity contribution in [3.05, 3.63) is 62.0 Å². The predicted octanol–water partition coefficient (Wildman–Crippen LogP) is 6.25. The number of benzene rings is 2. The van der Waals surface area contributed by atoms with Gasteiger partial charge in [-0.2, -0.15) is 0 Å². The van der Waals surface area contributed by atoms with Gasteiger partial charge in [0.1, 0.15) is 5.75 Å². The predicted molar refractivity (Wildman–Crippen MR) is 91.9 cm³/mol. The van der Waals surface area contributed by atoms with E-state index in [2.05, 4.69) is 44.8 Å². The van der Waals surface area contributed by atoms with Gasteiger partial charge in [-0.3, -0.25) is 0 Å². The van der Waals surface area contributed by atoms with E-state index in [4.69, 9.17) is 16.3 Å². The average molecular weight is 419 g/mol. The van der Waals surface area contributed by atoms with Crippen LogP contribution < -0.4 is 4.74 Å². The third kappa shape index (κ3) is 3.57. The fourth-order valence-corrected chi connectivity index (χ4v) is 3.37. The molecule has 4 heteroatoms. The van der Waals surface area contributed by atoms with Gasteiger partial charge in [0.15, 0.2) is 0 Å². The Bertz CT molecular complexity index is 613. The molecule has 0 aromatic heterocycles. The summed E-state index contributed by atoms with van der Waals surface area (Å²) in [7, 11) is 0. The molecule has 1 nitrogen and oxygen atoms in total. The molecule has 0 aliphatic carbocycles. The first kappa shape index (κ1) is 15.9. The third-order valence-electron chi connectivity index (χ3n) is 2.97. The van der Waals surface area contributed by atoms with Gasteiger partial charge < -0.3 is 4.74 Å². The summed E-state index contributed by atoms with van der Waals surface area (Å²) >= 11 is 13.7. The smallest absolute Gasteiger partial charge is 0.124 e. The van der Waals surface area contributed by atoms with Crippen molar-refractivity contribution in [1.29, 1.82) is 0 Å². The first-order valence-corrected chi connectivity index (χ1v) is 8.37. The normalized spacial score (nSPS) is 12.2. The lowest BCUT2D eigenvalue weighted by molar-refractivity contribution is 0.337. The first-order valence-electron chi connectivity index (χ1n) is 6.35. The molecule has 106 valence electrons. The summed E-state index contributed by atoms with van der Waals surface area (Å²) in [5, 5.41) is -0.261. The maximum absolute atomic E-state index is 6.69. The zero-order chi connectivity index (χ0) is 14.7. The molecule has 0 fully saturated rings. The van der Waals surface area contributed by atoms with Crippen molar-refractivity contribution in [2.45, 2.75) is 19.2 Å². The van der Waals surface area contributed by atoms with Crippen LogP contribution in [-0.2, 0) is 0 Å². The molecule has 0 N–H and O–H groups in total. The summed E-state index contributed by atoms with van der Waals surface area (Å²) in [6, 6.07) is 12.1. The van der Waals surface area contributed by atoms with E-state index in [-0.39, 0.29) is 5.38 Å². The highest BCUT2D eigenvalue weighted by Crippen LogP contribution is 2.39. The molecule has 0 amide bonds. The lowest BCUT2D eigenvalue weighted by Crippen LogP contribution is -2.01. The van der Waals surface area contributed by atoms with Crippen LogP contribution in [0.4, 0.5) is 0 Å². The fourth-order valence-electron chi connectivity index (χ4n) is 2.03. The second kappa shape index (κ2) is 6.97. The summed E-state index contributed by atoms with van der Waals surface area (Å²) in [5.74, 6) is 0.838. The number of rotatable bonds is 4. The summed E-state index contributed by atoms with van der Waals surface area (Å²) in [5.41, 5.74) is 3.18. The van der Waals surface area contributed by atoms with Gasteiger partial charge in [-0.1, -0.05) is 49.6 Å². The van der Waals surface area contributed by atoms with Crippen molar-refractivity contribution in [3.8, 4) is 5.75 Å². The largest absolute Gasteiger partial charge is 0.494 e. The zero-order valence-corrected chi connectivity index (χ0v) is 15.2. The van der Waals surface area contributed by atoms with Crippen LogP contribution >= 0.6 is 43.5 Å². The van der Waals surface area contributed by atoms with Gasteiger partial charge in [0, 0.05) is 14.5 Å². The van der Waals surface area contributed by atoms with Crippen molar-refractivity contribution in [3.63, 3.8) is 0 Å². The Morgan fingerprint density at radius 1 is 1.10 bits per heavy atom. The van der Waals surface area contributed by atoms with E-state index in [1.165, 1.54) is 5.56 Å². The molecular weight excluding hydrogens is 403 g/mol. The topological polar surface area (TPSA) is 9.23 Å². The maximum Gasteiger partial charge on any atom is 0.124 e. The molecule has 0 heterocycles. The van der Waals surface area contributed by atoms with E-state index >= 15 is 0 Å². The highest BCUT2D eigenvalue weighted by Gasteiger charge is 2.19. The van der Waals surface area contributed by atoms with Crippen LogP contribution in [0.2, 0.25) is 0 Å². The van der Waals surface area contributed by atoms with Crippen molar-refractivity contribution in [1.82, 2.24) is 0 Å². The lowest BCUT2D eigenvalue weighted by Gasteiger charge is -2.17. The number of alkyl halides is 1. The minimum atomic E-state index is -0.261. The number of ether oxygens (including phenoxy) is 1. The Hall–Kier alpha value is -0.510. The molecule has 0 saturated carbocycles. The first-order chi connectivity index (χ1) is 9.52. The van der Waals surface area contributed by atoms with Crippen LogP contribution in [0.15, 0.2) is 45.3 Å². The minimum Gasteiger partial charge on any atom is -0.494 e. The number of halogens is 3. The van der Waals surface area contributed by atoms with Crippen LogP contribution in [0.1, 0.15) is 29.0 Å². The van der Waals surface area contributed by atoms with Gasteiger partial charge >= 0.3 is 0 Å². The summed E-state index contributed by atoms with van der Waals surface area (Å²) in [6.07, 6.45) is 0. The second-order valence-corrected chi connectivity index (χ2v) is 6.71. The molecule has 2 aromatic rings. The van der Waals surface area contributed by atoms with Gasteiger partial charge in [0.25, 0.3) is 0 Å². The Morgan fingerprint density at radius 2 is 1.85 bits per heavy atom. The van der Waals surface area contributed by atoms with Gasteiger partial charge in [0.05, 0.1) is 12.0 Å². The van der Waals surface area contributed by atoms with Crippen molar-refractivity contribution >= 4 is 43.5 Å². The van der Waals surface area contributed by atoms with Crippen molar-refractivity contribution in [2.75, 3.05) is 6.61 Å². The second-order valence-electron chi connectivity index (χ2n) is 4.50. The quantitative estimate of drug-likeness (QED) is 0.534. The summed E-state index contributed by atoms with van der Waals surface area (Å²) in [4.78, 5) is 0. The highest BCUT2D eigenvalue weighted by molar-refractivity contribution is 9.11. The van der Waals surface area contributed by atoms with Gasteiger partial charge in [-0.25, -0.2) is 0 Å². The standard InChI is InChI=1S/C16H15Br2ClO/c1-3-20-15-7-4-10(2)8-13(15)16(19)12-9-11(17)5-6-14(12)18/h4-9,16H,3H2,1-2H3. The zero-order valence-electron chi connectivity index (χ0n) is 11.3. The van der Waals surface area contributed by atoms with Crippen LogP contribution in [0.3, 0.4) is 0 Å². The molecule has 0 saturated heterocycles. The third-order valence-corrected chi connectivity index (χ3v) is 4.65. The number of aryl methyl sites for hydroxylation is 1. The summed E-state index contributed by atoms with van der Waals surface area (Å²) < 4.78 is 7.69. The Labute approximate surface area is 141 Å². The molecule has 0 aliphatic heterocycles. The minimum absolute atomic E-state index is 0.261. The molecule has 1 atom stereocenters. The van der Waals surface area contributed by atoms with E-state index < -0.39 is 0 Å². The van der Waals surface area contributed by atoms with Crippen molar-refractivity contribution in [2.24, 2.45) is 0 Å². The molecule has 20 heavy (non-hydrogen) atoms. The Morgan fingerprint density at radius 3 is 2.55 bits per heavy atom. The van der Waals surface area contributed by atoms with E-state index in [1.807, 2.05) is 37.3 Å². The van der Waals surface area contributed by atoms with Gasteiger partial charge in [0.2, 0.25) is 0 Å². The van der Waals surface area contributed by atoms with E-state index in [0.29, 0.717) is 6.61 Å². The Kier molecular flexibility index (Phi) is 5.53. The van der Waals surface area contributed by atoms with Crippen LogP contribution in [0.5, 0.6) is 5.75 Å². The van der Waals surface area contributed by atoms with Gasteiger partial charge in [-0.05, 0) is 43.7 Å². The Balaban J connectivity index is 2.49. The van der Waals surface area contributed by atoms with Crippen LogP contribution in [-0.4, -0.2) is 6.61 Å². The number of hydrogen-bond acceptors (Lipinski definition) is 1. The molecule has 0 radical (unpaired) electrons. The number of hydrogen-bond donors (Lipinski definition) is 0.